The summed E-state index contributed by atoms with van der Waals surface area (Å²) in [5, 5.41) is 1.44. The van der Waals surface area contributed by atoms with E-state index in [4.69, 9.17) is 0 Å². The first-order valence-corrected chi connectivity index (χ1v) is 11.1. The number of fused-ring (bicyclic) bond motifs is 5. The van der Waals surface area contributed by atoms with E-state index in [9.17, 15) is 0 Å². The maximum absolute atomic E-state index is 2.68. The predicted molar refractivity (Wildman–Crippen MR) is 93.7 cm³/mol. The Hall–Kier alpha value is -1.80. The minimum Gasteiger partial charge on any atom is -0.371 e. The van der Waals surface area contributed by atoms with Crippen molar-refractivity contribution in [3.8, 4) is 11.1 Å². The molecule has 1 aliphatic carbocycles. The van der Waals surface area contributed by atoms with E-state index in [1.807, 2.05) is 0 Å². The molecule has 1 nitrogen and oxygen atoms in total. The molecule has 106 valence electrons. The molecule has 0 saturated carbocycles. The van der Waals surface area contributed by atoms with Gasteiger partial charge in [-0.05, 0) is 30.2 Å². The molecule has 0 atom stereocenters. The minimum absolute atomic E-state index is 1.09. The van der Waals surface area contributed by atoms with E-state index in [0.717, 1.165) is 6.42 Å². The van der Waals surface area contributed by atoms with Crippen molar-refractivity contribution in [3.63, 3.8) is 0 Å². The van der Waals surface area contributed by atoms with Gasteiger partial charge in [0.25, 0.3) is 0 Å². The van der Waals surface area contributed by atoms with Crippen LogP contribution in [0.5, 0.6) is 0 Å². The fourth-order valence-electron chi connectivity index (χ4n) is 3.79. The number of hydrogen-bond donors (Lipinski definition) is 0. The second-order valence-corrected chi connectivity index (χ2v) is 12.0. The second kappa shape index (κ2) is 4.11. The molecular formula is C19H21NSi. The smallest absolute Gasteiger partial charge is 0.153 e. The molecule has 1 heterocycles. The average molecular weight is 291 g/mol. The first kappa shape index (κ1) is 12.9. The maximum atomic E-state index is 2.68. The van der Waals surface area contributed by atoms with Gasteiger partial charge in [0, 0.05) is 28.6 Å². The van der Waals surface area contributed by atoms with Gasteiger partial charge in [0.15, 0.2) is 8.24 Å². The van der Waals surface area contributed by atoms with Gasteiger partial charge in [-0.1, -0.05) is 55.5 Å². The molecule has 21 heavy (non-hydrogen) atoms. The summed E-state index contributed by atoms with van der Waals surface area (Å²) >= 11 is 0. The van der Waals surface area contributed by atoms with Crippen LogP contribution in [0.1, 0.15) is 16.8 Å². The Morgan fingerprint density at radius 1 is 1.00 bits per heavy atom. The highest BCUT2D eigenvalue weighted by molar-refractivity contribution is 6.75. The molecule has 2 heteroatoms. The van der Waals surface area contributed by atoms with Gasteiger partial charge in [-0.3, -0.25) is 0 Å². The summed E-state index contributed by atoms with van der Waals surface area (Å²) in [6.07, 6.45) is 1.09. The zero-order chi connectivity index (χ0) is 14.8. The van der Waals surface area contributed by atoms with Crippen LogP contribution in [0, 0.1) is 6.92 Å². The van der Waals surface area contributed by atoms with Gasteiger partial charge in [-0.2, -0.15) is 0 Å². The maximum Gasteiger partial charge on any atom is 0.153 e. The van der Waals surface area contributed by atoms with Gasteiger partial charge in [0.05, 0.1) is 0 Å². The third kappa shape index (κ3) is 1.75. The Balaban J connectivity index is 2.17. The average Bonchev–Trinajstić information content (AvgIpc) is 2.91. The van der Waals surface area contributed by atoms with E-state index < -0.39 is 8.24 Å². The lowest BCUT2D eigenvalue weighted by Gasteiger charge is -2.23. The number of hydrogen-bond acceptors (Lipinski definition) is 0. The molecule has 0 saturated heterocycles. The van der Waals surface area contributed by atoms with Crippen LogP contribution in [0.2, 0.25) is 19.6 Å². The summed E-state index contributed by atoms with van der Waals surface area (Å²) in [7, 11) is -1.44. The molecule has 0 aliphatic heterocycles. The van der Waals surface area contributed by atoms with Crippen molar-refractivity contribution in [2.24, 2.45) is 0 Å². The highest BCUT2D eigenvalue weighted by atomic mass is 28.3. The monoisotopic (exact) mass is 291 g/mol. The number of rotatable bonds is 1. The van der Waals surface area contributed by atoms with Crippen LogP contribution in [0.15, 0.2) is 42.5 Å². The molecule has 0 amide bonds. The van der Waals surface area contributed by atoms with Gasteiger partial charge in [0.2, 0.25) is 0 Å². The zero-order valence-corrected chi connectivity index (χ0v) is 14.2. The van der Waals surface area contributed by atoms with Gasteiger partial charge in [0.1, 0.15) is 0 Å². The number of aryl methyl sites for hydroxylation is 1. The van der Waals surface area contributed by atoms with E-state index in [0.29, 0.717) is 0 Å². The molecule has 0 fully saturated rings. The van der Waals surface area contributed by atoms with Crippen LogP contribution in [0.3, 0.4) is 0 Å². The molecule has 4 rings (SSSR count). The third-order valence-corrected chi connectivity index (χ3v) is 6.39. The number of nitrogens with zero attached hydrogens (tertiary/aromatic N) is 1. The number of aromatic nitrogens is 1. The SMILES string of the molecule is Cc1ccc2c(c1)c1c(n2[Si](C)(C)C)Cc2ccccc2-1. The number of benzene rings is 2. The molecule has 0 spiro atoms. The Bertz CT molecular complexity index is 865. The van der Waals surface area contributed by atoms with Crippen molar-refractivity contribution in [1.29, 1.82) is 0 Å². The molecule has 2 aromatic carbocycles. The van der Waals surface area contributed by atoms with Gasteiger partial charge in [-0.15, -0.1) is 0 Å². The van der Waals surface area contributed by atoms with Crippen LogP contribution in [-0.2, 0) is 6.42 Å². The fraction of sp³-hybridized carbons (Fsp3) is 0.263. The Morgan fingerprint density at radius 3 is 2.52 bits per heavy atom. The van der Waals surface area contributed by atoms with Crippen LogP contribution < -0.4 is 0 Å². The van der Waals surface area contributed by atoms with Crippen molar-refractivity contribution in [2.45, 2.75) is 33.0 Å². The van der Waals surface area contributed by atoms with Crippen molar-refractivity contribution < 1.29 is 0 Å². The standard InChI is InChI=1S/C19H21NSi/c1-13-9-10-17-16(11-13)19-15-8-6-5-7-14(15)12-18(19)20(17)21(2,3)4/h5-11H,12H2,1-4H3. The van der Waals surface area contributed by atoms with E-state index in [1.54, 1.807) is 0 Å². The molecule has 1 aliphatic rings. The van der Waals surface area contributed by atoms with Gasteiger partial charge in [-0.25, -0.2) is 0 Å². The largest absolute Gasteiger partial charge is 0.371 e. The summed E-state index contributed by atoms with van der Waals surface area (Å²) in [4.78, 5) is 0. The lowest BCUT2D eigenvalue weighted by atomic mass is 10.0. The summed E-state index contributed by atoms with van der Waals surface area (Å²) in [6, 6.07) is 15.8. The molecule has 1 aromatic heterocycles. The highest BCUT2D eigenvalue weighted by Crippen LogP contribution is 2.44. The van der Waals surface area contributed by atoms with Crippen molar-refractivity contribution >= 4 is 19.1 Å². The van der Waals surface area contributed by atoms with E-state index >= 15 is 0 Å². The molecule has 3 aromatic rings. The van der Waals surface area contributed by atoms with Crippen molar-refractivity contribution in [2.75, 3.05) is 0 Å². The Kier molecular flexibility index (Phi) is 2.52. The van der Waals surface area contributed by atoms with Gasteiger partial charge < -0.3 is 4.23 Å². The topological polar surface area (TPSA) is 4.93 Å². The van der Waals surface area contributed by atoms with E-state index in [1.165, 1.54) is 38.9 Å². The Labute approximate surface area is 127 Å². The summed E-state index contributed by atoms with van der Waals surface area (Å²) < 4.78 is 2.68. The molecular weight excluding hydrogens is 270 g/mol. The van der Waals surface area contributed by atoms with Crippen LogP contribution in [0.4, 0.5) is 0 Å². The molecule has 0 N–H and O–H groups in total. The third-order valence-electron chi connectivity index (χ3n) is 4.54. The van der Waals surface area contributed by atoms with Crippen molar-refractivity contribution in [3.05, 3.63) is 59.3 Å². The molecule has 0 unspecified atom stereocenters. The quantitative estimate of drug-likeness (QED) is 0.425. The second-order valence-electron chi connectivity index (χ2n) is 7.18. The van der Waals surface area contributed by atoms with Gasteiger partial charge >= 0.3 is 0 Å². The van der Waals surface area contributed by atoms with E-state index in [2.05, 4.69) is 73.3 Å². The lowest BCUT2D eigenvalue weighted by molar-refractivity contribution is 1.06. The van der Waals surface area contributed by atoms with E-state index in [-0.39, 0.29) is 0 Å². The van der Waals surface area contributed by atoms with Crippen molar-refractivity contribution in [1.82, 2.24) is 4.23 Å². The Morgan fingerprint density at radius 2 is 1.76 bits per heavy atom. The predicted octanol–water partition coefficient (Wildman–Crippen LogP) is 5.20. The highest BCUT2D eigenvalue weighted by Gasteiger charge is 2.31. The summed E-state index contributed by atoms with van der Waals surface area (Å²) in [5.41, 5.74) is 8.74. The van der Waals surface area contributed by atoms with Crippen LogP contribution in [-0.4, -0.2) is 12.5 Å². The first-order valence-electron chi connectivity index (χ1n) is 7.69. The molecule has 0 bridgehead atoms. The normalized spacial score (nSPS) is 13.5. The molecule has 0 radical (unpaired) electrons. The summed E-state index contributed by atoms with van der Waals surface area (Å²) in [5.74, 6) is 0. The zero-order valence-electron chi connectivity index (χ0n) is 13.2. The fourth-order valence-corrected chi connectivity index (χ4v) is 5.71. The van der Waals surface area contributed by atoms with Crippen LogP contribution >= 0.6 is 0 Å². The minimum atomic E-state index is -1.44. The summed E-state index contributed by atoms with van der Waals surface area (Å²) in [6.45, 7) is 9.51. The lowest BCUT2D eigenvalue weighted by Crippen LogP contribution is -2.33. The van der Waals surface area contributed by atoms with Crippen LogP contribution in [0.25, 0.3) is 22.0 Å². The first-order chi connectivity index (χ1) is 9.97.